The van der Waals surface area contributed by atoms with E-state index in [0.717, 1.165) is 43.1 Å². The minimum Gasteiger partial charge on any atom is -0.315 e. The van der Waals surface area contributed by atoms with E-state index in [1.54, 1.807) is 23.7 Å². The minimum absolute atomic E-state index is 0.0528. The lowest BCUT2D eigenvalue weighted by atomic mass is 9.94. The van der Waals surface area contributed by atoms with E-state index in [-0.39, 0.29) is 6.03 Å². The first-order chi connectivity index (χ1) is 12.3. The molecule has 0 saturated heterocycles. The van der Waals surface area contributed by atoms with Crippen LogP contribution in [0.3, 0.4) is 0 Å². The third-order valence-electron chi connectivity index (χ3n) is 4.80. The lowest BCUT2D eigenvalue weighted by Gasteiger charge is -2.23. The topological polar surface area (TPSA) is 63.1 Å². The van der Waals surface area contributed by atoms with Crippen molar-refractivity contribution < 1.29 is 4.79 Å². The highest BCUT2D eigenvalue weighted by Crippen LogP contribution is 2.29. The smallest absolute Gasteiger partial charge is 0.315 e. The molecule has 0 aromatic carbocycles. The zero-order chi connectivity index (χ0) is 17.1. The van der Waals surface area contributed by atoms with Crippen LogP contribution in [0.4, 0.5) is 10.6 Å². The van der Waals surface area contributed by atoms with Gasteiger partial charge in [-0.05, 0) is 38.0 Å². The van der Waals surface area contributed by atoms with Crippen molar-refractivity contribution in [2.45, 2.75) is 51.2 Å². The number of urea groups is 1. The van der Waals surface area contributed by atoms with Crippen LogP contribution in [0, 0.1) is 5.92 Å². The molecule has 7 heteroatoms. The van der Waals surface area contributed by atoms with Crippen LogP contribution < -0.4 is 5.32 Å². The van der Waals surface area contributed by atoms with Crippen LogP contribution in [-0.4, -0.2) is 31.7 Å². The van der Waals surface area contributed by atoms with E-state index in [4.69, 9.17) is 0 Å². The van der Waals surface area contributed by atoms with Crippen LogP contribution in [0.1, 0.15) is 37.1 Å². The second-order valence-corrected chi connectivity index (χ2v) is 7.74. The molecule has 1 saturated carbocycles. The Hall–Kier alpha value is -2.15. The summed E-state index contributed by atoms with van der Waals surface area (Å²) in [6.45, 7) is 1.43. The third-order valence-corrected chi connectivity index (χ3v) is 5.56. The molecule has 132 valence electrons. The molecular weight excluding hydrogens is 334 g/mol. The summed E-state index contributed by atoms with van der Waals surface area (Å²) in [5.74, 6) is 1.37. The van der Waals surface area contributed by atoms with Crippen molar-refractivity contribution in [3.63, 3.8) is 0 Å². The molecule has 1 atom stereocenters. The molecule has 0 aliphatic heterocycles. The zero-order valence-corrected chi connectivity index (χ0v) is 15.0. The fraction of sp³-hybridized carbons (Fsp3) is 0.500. The maximum Gasteiger partial charge on any atom is 0.323 e. The first-order valence-corrected chi connectivity index (χ1v) is 9.80. The number of carbonyl (C=O) groups is 1. The van der Waals surface area contributed by atoms with Gasteiger partial charge in [0.05, 0.1) is 12.7 Å². The van der Waals surface area contributed by atoms with E-state index < -0.39 is 0 Å². The summed E-state index contributed by atoms with van der Waals surface area (Å²) in [4.78, 5) is 19.0. The molecule has 0 radical (unpaired) electrons. The van der Waals surface area contributed by atoms with E-state index in [0.29, 0.717) is 18.5 Å². The van der Waals surface area contributed by atoms with Gasteiger partial charge < -0.3 is 4.90 Å². The molecule has 2 aliphatic carbocycles. The number of rotatable bonds is 6. The van der Waals surface area contributed by atoms with Crippen LogP contribution in [0.15, 0.2) is 36.0 Å². The summed E-state index contributed by atoms with van der Waals surface area (Å²) in [5.41, 5.74) is 0. The molecule has 4 rings (SSSR count). The predicted molar refractivity (Wildman–Crippen MR) is 98.4 cm³/mol. The average molecular weight is 357 g/mol. The SMILES string of the molecule is O=C(Nc1ccnn1C[C@@H]1CC=CCC1)N(Cc1nccs1)C1CC1. The first-order valence-electron chi connectivity index (χ1n) is 8.92. The normalized spacial score (nSPS) is 19.8. The lowest BCUT2D eigenvalue weighted by Crippen LogP contribution is -2.37. The molecule has 2 aromatic rings. The average Bonchev–Trinajstić information content (AvgIpc) is 3.16. The Morgan fingerprint density at radius 3 is 2.96 bits per heavy atom. The highest BCUT2D eigenvalue weighted by molar-refractivity contribution is 7.09. The number of hydrogen-bond acceptors (Lipinski definition) is 4. The molecule has 2 amide bonds. The number of nitrogens with zero attached hydrogens (tertiary/aromatic N) is 4. The molecule has 2 heterocycles. The van der Waals surface area contributed by atoms with Gasteiger partial charge in [0, 0.05) is 30.2 Å². The second kappa shape index (κ2) is 7.39. The quantitative estimate of drug-likeness (QED) is 0.798. The van der Waals surface area contributed by atoms with Crippen LogP contribution in [-0.2, 0) is 13.1 Å². The van der Waals surface area contributed by atoms with Gasteiger partial charge in [0.2, 0.25) is 0 Å². The van der Waals surface area contributed by atoms with Gasteiger partial charge in [0.15, 0.2) is 0 Å². The van der Waals surface area contributed by atoms with Crippen molar-refractivity contribution in [2.24, 2.45) is 5.92 Å². The Morgan fingerprint density at radius 1 is 1.32 bits per heavy atom. The van der Waals surface area contributed by atoms with Gasteiger partial charge >= 0.3 is 6.03 Å². The van der Waals surface area contributed by atoms with E-state index in [1.165, 1.54) is 6.42 Å². The number of anilines is 1. The summed E-state index contributed by atoms with van der Waals surface area (Å²) in [5, 5.41) is 10.4. The fourth-order valence-electron chi connectivity index (χ4n) is 3.26. The number of allylic oxidation sites excluding steroid dienone is 2. The number of amides is 2. The van der Waals surface area contributed by atoms with Gasteiger partial charge in [-0.3, -0.25) is 5.32 Å². The van der Waals surface area contributed by atoms with Crippen molar-refractivity contribution in [1.29, 1.82) is 0 Å². The van der Waals surface area contributed by atoms with Gasteiger partial charge in [0.25, 0.3) is 0 Å². The number of nitrogens with one attached hydrogen (secondary N) is 1. The van der Waals surface area contributed by atoms with Gasteiger partial charge in [0.1, 0.15) is 10.8 Å². The molecule has 2 aliphatic rings. The number of thiazole rings is 1. The Morgan fingerprint density at radius 2 is 2.24 bits per heavy atom. The van der Waals surface area contributed by atoms with Crippen molar-refractivity contribution in [3.05, 3.63) is 41.0 Å². The maximum absolute atomic E-state index is 12.8. The molecule has 1 N–H and O–H groups in total. The van der Waals surface area contributed by atoms with Crippen LogP contribution >= 0.6 is 11.3 Å². The van der Waals surface area contributed by atoms with Crippen molar-refractivity contribution in [3.8, 4) is 0 Å². The molecule has 0 spiro atoms. The van der Waals surface area contributed by atoms with Crippen LogP contribution in [0.25, 0.3) is 0 Å². The summed E-state index contributed by atoms with van der Waals surface area (Å²) in [6.07, 6.45) is 13.6. The Balaban J connectivity index is 1.41. The lowest BCUT2D eigenvalue weighted by molar-refractivity contribution is 0.205. The maximum atomic E-state index is 12.8. The van der Waals surface area contributed by atoms with E-state index in [9.17, 15) is 4.79 Å². The summed E-state index contributed by atoms with van der Waals surface area (Å²) < 4.78 is 1.93. The van der Waals surface area contributed by atoms with E-state index in [2.05, 4.69) is 27.6 Å². The van der Waals surface area contributed by atoms with Gasteiger partial charge in [-0.2, -0.15) is 5.10 Å². The molecule has 25 heavy (non-hydrogen) atoms. The van der Waals surface area contributed by atoms with Crippen molar-refractivity contribution in [1.82, 2.24) is 19.7 Å². The second-order valence-electron chi connectivity index (χ2n) is 6.76. The Labute approximate surface area is 151 Å². The van der Waals surface area contributed by atoms with E-state index in [1.807, 2.05) is 21.0 Å². The number of aromatic nitrogens is 3. The molecule has 6 nitrogen and oxygen atoms in total. The summed E-state index contributed by atoms with van der Waals surface area (Å²) in [7, 11) is 0. The zero-order valence-electron chi connectivity index (χ0n) is 14.2. The largest absolute Gasteiger partial charge is 0.323 e. The van der Waals surface area contributed by atoms with E-state index >= 15 is 0 Å². The van der Waals surface area contributed by atoms with Crippen LogP contribution in [0.2, 0.25) is 0 Å². The monoisotopic (exact) mass is 357 g/mol. The van der Waals surface area contributed by atoms with Crippen LogP contribution in [0.5, 0.6) is 0 Å². The number of hydrogen-bond donors (Lipinski definition) is 1. The standard InChI is InChI=1S/C18H23N5OS/c24-18(22(15-6-7-15)13-17-19-10-11-25-17)21-16-8-9-20-23(16)12-14-4-2-1-3-5-14/h1-2,8-11,14-15H,3-7,12-13H2,(H,21,24)/t14-/m1/s1. The molecular formula is C18H23N5OS. The van der Waals surface area contributed by atoms with Gasteiger partial charge in [-0.25, -0.2) is 14.5 Å². The third kappa shape index (κ3) is 4.10. The fourth-order valence-corrected chi connectivity index (χ4v) is 3.88. The molecule has 0 bridgehead atoms. The Bertz CT molecular complexity index is 734. The minimum atomic E-state index is -0.0528. The van der Waals surface area contributed by atoms with Gasteiger partial charge in [-0.1, -0.05) is 12.2 Å². The van der Waals surface area contributed by atoms with Crippen molar-refractivity contribution in [2.75, 3.05) is 5.32 Å². The van der Waals surface area contributed by atoms with Gasteiger partial charge in [-0.15, -0.1) is 11.3 Å². The Kier molecular flexibility index (Phi) is 4.83. The van der Waals surface area contributed by atoms with Crippen molar-refractivity contribution >= 4 is 23.2 Å². The highest BCUT2D eigenvalue weighted by Gasteiger charge is 2.33. The highest BCUT2D eigenvalue weighted by atomic mass is 32.1. The summed E-state index contributed by atoms with van der Waals surface area (Å²) >= 11 is 1.59. The summed E-state index contributed by atoms with van der Waals surface area (Å²) in [6, 6.07) is 2.16. The molecule has 0 unspecified atom stereocenters. The molecule has 2 aromatic heterocycles. The number of carbonyl (C=O) groups excluding carboxylic acids is 1. The predicted octanol–water partition coefficient (Wildman–Crippen LogP) is 3.89. The first kappa shape index (κ1) is 16.3. The molecule has 1 fully saturated rings.